The molecule has 1 heterocycles. The molecule has 2 N–H and O–H groups in total. The van der Waals surface area contributed by atoms with Gasteiger partial charge in [-0.3, -0.25) is 4.79 Å². The molecule has 0 bridgehead atoms. The van der Waals surface area contributed by atoms with Crippen LogP contribution in [-0.4, -0.2) is 42.7 Å². The van der Waals surface area contributed by atoms with Crippen LogP contribution >= 0.6 is 0 Å². The lowest BCUT2D eigenvalue weighted by atomic mass is 10.1. The molecule has 3 rings (SSSR count). The molecule has 124 valence electrons. The van der Waals surface area contributed by atoms with Gasteiger partial charge in [-0.05, 0) is 45.3 Å². The van der Waals surface area contributed by atoms with E-state index >= 15 is 0 Å². The summed E-state index contributed by atoms with van der Waals surface area (Å²) in [7, 11) is 3.95. The van der Waals surface area contributed by atoms with Crippen LogP contribution in [0.2, 0.25) is 0 Å². The highest BCUT2D eigenvalue weighted by molar-refractivity contribution is 5.99. The number of nitrogens with one attached hydrogen (secondary N) is 1. The molecule has 1 aliphatic rings. The number of aliphatic hydroxyl groups excluding tert-OH is 1. The summed E-state index contributed by atoms with van der Waals surface area (Å²) in [4.78, 5) is 14.8. The van der Waals surface area contributed by atoms with Crippen LogP contribution in [-0.2, 0) is 6.54 Å². The zero-order valence-corrected chi connectivity index (χ0v) is 13.7. The van der Waals surface area contributed by atoms with Crippen molar-refractivity contribution in [1.82, 2.24) is 10.2 Å². The number of carbonyl (C=O) groups excluding carboxylic acids is 1. The molecule has 2 aromatic rings. The maximum absolute atomic E-state index is 12.7. The number of aliphatic hydroxyl groups is 1. The van der Waals surface area contributed by atoms with Crippen LogP contribution in [0.3, 0.4) is 0 Å². The zero-order valence-electron chi connectivity index (χ0n) is 13.7. The number of para-hydroxylation sites is 1. The maximum Gasteiger partial charge on any atom is 0.287 e. The zero-order chi connectivity index (χ0) is 16.4. The van der Waals surface area contributed by atoms with Gasteiger partial charge in [0.25, 0.3) is 5.91 Å². The minimum absolute atomic E-state index is 0.0351. The van der Waals surface area contributed by atoms with E-state index in [1.165, 1.54) is 0 Å². The van der Waals surface area contributed by atoms with Crippen LogP contribution in [0.25, 0.3) is 11.0 Å². The smallest absolute Gasteiger partial charge is 0.287 e. The highest BCUT2D eigenvalue weighted by Gasteiger charge is 2.33. The molecule has 0 spiro atoms. The number of benzene rings is 1. The van der Waals surface area contributed by atoms with Gasteiger partial charge in [0, 0.05) is 30.1 Å². The molecular weight excluding hydrogens is 292 g/mol. The average molecular weight is 316 g/mol. The Kier molecular flexibility index (Phi) is 4.68. The van der Waals surface area contributed by atoms with Gasteiger partial charge in [-0.1, -0.05) is 18.2 Å². The van der Waals surface area contributed by atoms with Crippen LogP contribution in [0.1, 0.15) is 35.4 Å². The first-order valence-corrected chi connectivity index (χ1v) is 8.17. The predicted octanol–water partition coefficient (Wildman–Crippen LogP) is 2.39. The van der Waals surface area contributed by atoms with Gasteiger partial charge in [-0.25, -0.2) is 0 Å². The third kappa shape index (κ3) is 3.57. The second kappa shape index (κ2) is 6.72. The Hall–Kier alpha value is -1.85. The van der Waals surface area contributed by atoms with E-state index in [4.69, 9.17) is 4.42 Å². The molecule has 0 radical (unpaired) electrons. The summed E-state index contributed by atoms with van der Waals surface area (Å²) in [6.07, 6.45) is 2.84. The number of furan rings is 1. The summed E-state index contributed by atoms with van der Waals surface area (Å²) < 4.78 is 5.84. The molecular formula is C18H24N2O3. The molecule has 1 aliphatic carbocycles. The van der Waals surface area contributed by atoms with Gasteiger partial charge < -0.3 is 19.7 Å². The third-order valence-electron chi connectivity index (χ3n) is 4.33. The summed E-state index contributed by atoms with van der Waals surface area (Å²) in [5.41, 5.74) is 1.65. The number of hydrogen-bond acceptors (Lipinski definition) is 4. The molecule has 1 unspecified atom stereocenters. The van der Waals surface area contributed by atoms with Crippen molar-refractivity contribution in [2.75, 3.05) is 20.7 Å². The fourth-order valence-electron chi connectivity index (χ4n) is 3.05. The molecule has 1 aromatic carbocycles. The van der Waals surface area contributed by atoms with Crippen molar-refractivity contribution in [3.63, 3.8) is 0 Å². The number of fused-ring (bicyclic) bond motifs is 1. The molecule has 1 amide bonds. The maximum atomic E-state index is 12.7. The first-order chi connectivity index (χ1) is 11.1. The van der Waals surface area contributed by atoms with Crippen molar-refractivity contribution in [2.24, 2.45) is 5.92 Å². The number of carbonyl (C=O) groups is 1. The second-order valence-electron chi connectivity index (χ2n) is 6.57. The first-order valence-electron chi connectivity index (χ1n) is 8.17. The molecule has 5 heteroatoms. The fraction of sp³-hybridized carbons (Fsp3) is 0.500. The summed E-state index contributed by atoms with van der Waals surface area (Å²) >= 11 is 0. The van der Waals surface area contributed by atoms with Crippen molar-refractivity contribution < 1.29 is 14.3 Å². The van der Waals surface area contributed by atoms with E-state index in [1.807, 2.05) is 43.3 Å². The van der Waals surface area contributed by atoms with E-state index < -0.39 is 0 Å². The molecule has 0 saturated heterocycles. The van der Waals surface area contributed by atoms with Crippen molar-refractivity contribution in [3.8, 4) is 0 Å². The first kappa shape index (κ1) is 16.0. The van der Waals surface area contributed by atoms with E-state index in [-0.39, 0.29) is 18.6 Å². The summed E-state index contributed by atoms with van der Waals surface area (Å²) in [5, 5.41) is 13.2. The van der Waals surface area contributed by atoms with E-state index in [9.17, 15) is 9.90 Å². The lowest BCUT2D eigenvalue weighted by molar-refractivity contribution is 0.0896. The minimum Gasteiger partial charge on any atom is -0.451 e. The Labute approximate surface area is 136 Å². The highest BCUT2D eigenvalue weighted by Crippen LogP contribution is 2.34. The topological polar surface area (TPSA) is 65.7 Å². The lowest BCUT2D eigenvalue weighted by Gasteiger charge is -2.17. The molecule has 5 nitrogen and oxygen atoms in total. The quantitative estimate of drug-likeness (QED) is 0.823. The van der Waals surface area contributed by atoms with Crippen LogP contribution in [0.4, 0.5) is 0 Å². The molecule has 1 fully saturated rings. The lowest BCUT2D eigenvalue weighted by Crippen LogP contribution is -2.37. The Morgan fingerprint density at radius 2 is 2.13 bits per heavy atom. The van der Waals surface area contributed by atoms with Gasteiger partial charge in [0.2, 0.25) is 0 Å². The monoisotopic (exact) mass is 316 g/mol. The number of amides is 1. The van der Waals surface area contributed by atoms with Gasteiger partial charge in [-0.2, -0.15) is 0 Å². The van der Waals surface area contributed by atoms with E-state index in [1.54, 1.807) is 0 Å². The molecule has 0 aliphatic heterocycles. The van der Waals surface area contributed by atoms with E-state index in [0.717, 1.165) is 29.4 Å². The van der Waals surface area contributed by atoms with Gasteiger partial charge in [0.15, 0.2) is 5.76 Å². The standard InChI is InChI=1S/C18H24N2O3/c1-20(2)11-14-13-5-3-4-6-16(13)23-17(14)18(22)19-15(9-10-21)12-7-8-12/h3-6,12,15,21H,7-11H2,1-2H3,(H,19,22). The highest BCUT2D eigenvalue weighted by atomic mass is 16.3. The summed E-state index contributed by atoms with van der Waals surface area (Å²) in [6.45, 7) is 0.736. The van der Waals surface area contributed by atoms with Crippen LogP contribution in [0, 0.1) is 5.92 Å². The largest absolute Gasteiger partial charge is 0.451 e. The van der Waals surface area contributed by atoms with E-state index in [0.29, 0.717) is 24.6 Å². The number of nitrogens with zero attached hydrogens (tertiary/aromatic N) is 1. The van der Waals surface area contributed by atoms with Crippen molar-refractivity contribution >= 4 is 16.9 Å². The average Bonchev–Trinajstić information content (AvgIpc) is 3.30. The number of rotatable bonds is 7. The van der Waals surface area contributed by atoms with E-state index in [2.05, 4.69) is 5.32 Å². The van der Waals surface area contributed by atoms with Gasteiger partial charge >= 0.3 is 0 Å². The Balaban J connectivity index is 1.89. The molecule has 23 heavy (non-hydrogen) atoms. The van der Waals surface area contributed by atoms with Gasteiger partial charge in [0.05, 0.1) is 0 Å². The van der Waals surface area contributed by atoms with Gasteiger partial charge in [-0.15, -0.1) is 0 Å². The molecule has 1 saturated carbocycles. The molecule has 1 aromatic heterocycles. The predicted molar refractivity (Wildman–Crippen MR) is 89.3 cm³/mol. The fourth-order valence-corrected chi connectivity index (χ4v) is 3.05. The van der Waals surface area contributed by atoms with Crippen molar-refractivity contribution in [1.29, 1.82) is 0 Å². The normalized spacial score (nSPS) is 16.0. The Morgan fingerprint density at radius 3 is 2.78 bits per heavy atom. The summed E-state index contributed by atoms with van der Waals surface area (Å²) in [5.74, 6) is 0.708. The van der Waals surface area contributed by atoms with Crippen LogP contribution in [0.15, 0.2) is 28.7 Å². The Morgan fingerprint density at radius 1 is 1.39 bits per heavy atom. The summed E-state index contributed by atoms with van der Waals surface area (Å²) in [6, 6.07) is 7.77. The molecule has 1 atom stereocenters. The Bertz CT molecular complexity index is 689. The second-order valence-corrected chi connectivity index (χ2v) is 6.57. The SMILES string of the molecule is CN(C)Cc1c(C(=O)NC(CCO)C2CC2)oc2ccccc12. The van der Waals surface area contributed by atoms with Crippen LogP contribution in [0.5, 0.6) is 0 Å². The van der Waals surface area contributed by atoms with Crippen molar-refractivity contribution in [3.05, 3.63) is 35.6 Å². The van der Waals surface area contributed by atoms with Gasteiger partial charge in [0.1, 0.15) is 5.58 Å². The van der Waals surface area contributed by atoms with Crippen molar-refractivity contribution in [2.45, 2.75) is 31.8 Å². The number of hydrogen-bond donors (Lipinski definition) is 2. The van der Waals surface area contributed by atoms with Crippen LogP contribution < -0.4 is 5.32 Å². The minimum atomic E-state index is -0.177. The third-order valence-corrected chi connectivity index (χ3v) is 4.33.